The van der Waals surface area contributed by atoms with Gasteiger partial charge in [-0.05, 0) is 53.4 Å². The van der Waals surface area contributed by atoms with Gasteiger partial charge in [0.15, 0.2) is 0 Å². The van der Waals surface area contributed by atoms with Gasteiger partial charge in [-0.1, -0.05) is 0 Å². The van der Waals surface area contributed by atoms with Crippen LogP contribution in [0, 0.1) is 0 Å². The minimum atomic E-state index is -0.469. The van der Waals surface area contributed by atoms with Gasteiger partial charge in [0.1, 0.15) is 5.60 Å². The molecule has 0 radical (unpaired) electrons. The second-order valence-corrected chi connectivity index (χ2v) is 7.24. The number of esters is 1. The van der Waals surface area contributed by atoms with Crippen molar-refractivity contribution in [2.45, 2.75) is 77.5 Å². The van der Waals surface area contributed by atoms with Crippen LogP contribution in [0.15, 0.2) is 0 Å². The quantitative estimate of drug-likeness (QED) is 0.759. The van der Waals surface area contributed by atoms with Crippen LogP contribution >= 0.6 is 0 Å². The molecule has 1 aliphatic heterocycles. The molecule has 1 fully saturated rings. The highest BCUT2D eigenvalue weighted by Gasteiger charge is 2.31. The number of piperidine rings is 1. The first-order valence-corrected chi connectivity index (χ1v) is 8.52. The molecule has 6 nitrogen and oxygen atoms in total. The molecule has 0 spiro atoms. The molecule has 1 aliphatic rings. The van der Waals surface area contributed by atoms with Crippen LogP contribution in [0.2, 0.25) is 0 Å². The topological polar surface area (TPSA) is 67.9 Å². The summed E-state index contributed by atoms with van der Waals surface area (Å²) in [6.07, 6.45) is 4.17. The molecule has 0 aromatic rings. The fourth-order valence-electron chi connectivity index (χ4n) is 2.82. The number of carbonyl (C=O) groups excluding carboxylic acids is 2. The lowest BCUT2D eigenvalue weighted by atomic mass is 9.96. The summed E-state index contributed by atoms with van der Waals surface area (Å²) in [5.74, 6) is -0.210. The number of amides is 1. The molecule has 1 N–H and O–H groups in total. The Kier molecular flexibility index (Phi) is 7.82. The Morgan fingerprint density at radius 2 is 2.00 bits per heavy atom. The molecule has 1 saturated heterocycles. The van der Waals surface area contributed by atoms with E-state index in [2.05, 4.69) is 17.0 Å². The molecule has 1 amide bonds. The van der Waals surface area contributed by atoms with Crippen LogP contribution in [-0.4, -0.2) is 54.8 Å². The highest BCUT2D eigenvalue weighted by molar-refractivity contribution is 5.69. The molecular weight excluding hydrogens is 296 g/mol. The molecule has 0 bridgehead atoms. The Labute approximate surface area is 139 Å². The zero-order valence-corrected chi connectivity index (χ0v) is 15.2. The predicted molar refractivity (Wildman–Crippen MR) is 89.3 cm³/mol. The lowest BCUT2D eigenvalue weighted by Crippen LogP contribution is -2.48. The lowest BCUT2D eigenvalue weighted by Gasteiger charge is -2.38. The fourth-order valence-corrected chi connectivity index (χ4v) is 2.82. The van der Waals surface area contributed by atoms with Crippen LogP contribution < -0.4 is 5.32 Å². The molecule has 2 unspecified atom stereocenters. The van der Waals surface area contributed by atoms with Crippen LogP contribution in [0.25, 0.3) is 0 Å². The van der Waals surface area contributed by atoms with E-state index in [4.69, 9.17) is 4.74 Å². The van der Waals surface area contributed by atoms with Gasteiger partial charge in [0.05, 0.1) is 13.5 Å². The van der Waals surface area contributed by atoms with E-state index in [1.165, 1.54) is 7.11 Å². The van der Waals surface area contributed by atoms with Gasteiger partial charge in [-0.25, -0.2) is 4.79 Å². The lowest BCUT2D eigenvalue weighted by molar-refractivity contribution is -0.140. The average Bonchev–Trinajstić information content (AvgIpc) is 2.45. The van der Waals surface area contributed by atoms with Crippen molar-refractivity contribution in [2.75, 3.05) is 20.2 Å². The molecule has 1 rings (SSSR count). The van der Waals surface area contributed by atoms with Crippen molar-refractivity contribution in [3.63, 3.8) is 0 Å². The zero-order valence-electron chi connectivity index (χ0n) is 15.2. The number of hydrogen-bond donors (Lipinski definition) is 1. The van der Waals surface area contributed by atoms with Crippen molar-refractivity contribution in [1.82, 2.24) is 10.2 Å². The largest absolute Gasteiger partial charge is 0.469 e. The summed E-state index contributed by atoms with van der Waals surface area (Å²) in [6.45, 7) is 9.10. The van der Waals surface area contributed by atoms with E-state index in [-0.39, 0.29) is 24.1 Å². The third-order valence-electron chi connectivity index (χ3n) is 3.93. The normalized spacial score (nSPS) is 20.0. The van der Waals surface area contributed by atoms with Crippen molar-refractivity contribution in [2.24, 2.45) is 0 Å². The Hall–Kier alpha value is -1.30. The van der Waals surface area contributed by atoms with Crippen molar-refractivity contribution in [3.05, 3.63) is 0 Å². The van der Waals surface area contributed by atoms with Gasteiger partial charge < -0.3 is 19.7 Å². The second-order valence-electron chi connectivity index (χ2n) is 7.24. The summed E-state index contributed by atoms with van der Waals surface area (Å²) in [4.78, 5) is 25.4. The Morgan fingerprint density at radius 3 is 2.61 bits per heavy atom. The van der Waals surface area contributed by atoms with Crippen LogP contribution in [0.5, 0.6) is 0 Å². The SMILES string of the molecule is COC(=O)CCNC(C)CC1CCCCN1C(=O)OC(C)(C)C. The smallest absolute Gasteiger partial charge is 0.410 e. The monoisotopic (exact) mass is 328 g/mol. The van der Waals surface area contributed by atoms with Gasteiger partial charge in [0.2, 0.25) is 0 Å². The molecule has 0 aromatic heterocycles. The van der Waals surface area contributed by atoms with E-state index in [1.54, 1.807) is 0 Å². The first-order valence-electron chi connectivity index (χ1n) is 8.52. The number of likely N-dealkylation sites (tertiary alicyclic amines) is 1. The highest BCUT2D eigenvalue weighted by Crippen LogP contribution is 2.23. The molecule has 2 atom stereocenters. The third-order valence-corrected chi connectivity index (χ3v) is 3.93. The number of carbonyl (C=O) groups is 2. The molecule has 23 heavy (non-hydrogen) atoms. The van der Waals surface area contributed by atoms with Crippen LogP contribution in [0.3, 0.4) is 0 Å². The van der Waals surface area contributed by atoms with E-state index in [0.29, 0.717) is 13.0 Å². The van der Waals surface area contributed by atoms with Crippen LogP contribution in [-0.2, 0) is 14.3 Å². The minimum absolute atomic E-state index is 0.194. The van der Waals surface area contributed by atoms with Crippen LogP contribution in [0.1, 0.15) is 59.8 Å². The number of rotatable bonds is 6. The van der Waals surface area contributed by atoms with E-state index in [1.807, 2.05) is 25.7 Å². The first kappa shape index (κ1) is 19.7. The standard InChI is InChI=1S/C17H32N2O4/c1-13(18-10-9-15(20)22-5)12-14-8-6-7-11-19(14)16(21)23-17(2,3)4/h13-14,18H,6-12H2,1-5H3. The maximum absolute atomic E-state index is 12.4. The van der Waals surface area contributed by atoms with Crippen LogP contribution in [0.4, 0.5) is 4.79 Å². The van der Waals surface area contributed by atoms with E-state index in [0.717, 1.165) is 32.2 Å². The van der Waals surface area contributed by atoms with Gasteiger partial charge >= 0.3 is 12.1 Å². The summed E-state index contributed by atoms with van der Waals surface area (Å²) in [5, 5.41) is 3.32. The van der Waals surface area contributed by atoms with E-state index >= 15 is 0 Å². The Bertz CT molecular complexity index is 393. The fraction of sp³-hybridized carbons (Fsp3) is 0.882. The zero-order chi connectivity index (χ0) is 17.5. The molecular formula is C17H32N2O4. The van der Waals surface area contributed by atoms with Gasteiger partial charge in [0.25, 0.3) is 0 Å². The summed E-state index contributed by atoms with van der Waals surface area (Å²) in [6, 6.07) is 0.423. The summed E-state index contributed by atoms with van der Waals surface area (Å²) >= 11 is 0. The molecule has 134 valence electrons. The number of hydrogen-bond acceptors (Lipinski definition) is 5. The summed E-state index contributed by atoms with van der Waals surface area (Å²) in [5.41, 5.74) is -0.469. The average molecular weight is 328 g/mol. The van der Waals surface area contributed by atoms with Crippen molar-refractivity contribution < 1.29 is 19.1 Å². The second kappa shape index (κ2) is 9.11. The summed E-state index contributed by atoms with van der Waals surface area (Å²) in [7, 11) is 1.40. The summed E-state index contributed by atoms with van der Waals surface area (Å²) < 4.78 is 10.2. The third kappa shape index (κ3) is 7.68. The van der Waals surface area contributed by atoms with Gasteiger partial charge in [-0.2, -0.15) is 0 Å². The first-order chi connectivity index (χ1) is 10.7. The number of methoxy groups -OCH3 is 1. The Balaban J connectivity index is 2.47. The molecule has 1 heterocycles. The van der Waals surface area contributed by atoms with E-state index in [9.17, 15) is 9.59 Å². The van der Waals surface area contributed by atoms with Gasteiger partial charge in [-0.15, -0.1) is 0 Å². The Morgan fingerprint density at radius 1 is 1.30 bits per heavy atom. The molecule has 0 aliphatic carbocycles. The molecule has 0 saturated carbocycles. The van der Waals surface area contributed by atoms with Crippen molar-refractivity contribution in [1.29, 1.82) is 0 Å². The number of nitrogens with one attached hydrogen (secondary N) is 1. The maximum Gasteiger partial charge on any atom is 0.410 e. The van der Waals surface area contributed by atoms with Crippen molar-refractivity contribution in [3.8, 4) is 0 Å². The predicted octanol–water partition coefficient (Wildman–Crippen LogP) is 2.71. The number of nitrogens with zero attached hydrogens (tertiary/aromatic N) is 1. The highest BCUT2D eigenvalue weighted by atomic mass is 16.6. The maximum atomic E-state index is 12.4. The van der Waals surface area contributed by atoms with Gasteiger partial charge in [0, 0.05) is 25.2 Å². The number of ether oxygens (including phenoxy) is 2. The van der Waals surface area contributed by atoms with Gasteiger partial charge in [-0.3, -0.25) is 4.79 Å². The molecule has 0 aromatic carbocycles. The minimum Gasteiger partial charge on any atom is -0.469 e. The van der Waals surface area contributed by atoms with E-state index < -0.39 is 5.60 Å². The van der Waals surface area contributed by atoms with Crippen molar-refractivity contribution >= 4 is 12.1 Å². The molecule has 6 heteroatoms.